The van der Waals surface area contributed by atoms with Gasteiger partial charge in [0.05, 0.1) is 11.1 Å². The highest BCUT2D eigenvalue weighted by Gasteiger charge is 2.22. The lowest BCUT2D eigenvalue weighted by Crippen LogP contribution is -2.29. The Morgan fingerprint density at radius 3 is 2.54 bits per heavy atom. The summed E-state index contributed by atoms with van der Waals surface area (Å²) in [4.78, 5) is 13.5. The first-order chi connectivity index (χ1) is 11.2. The molecule has 1 aromatic heterocycles. The van der Waals surface area contributed by atoms with Gasteiger partial charge in [-0.2, -0.15) is 5.10 Å². The molecule has 0 aliphatic heterocycles. The zero-order valence-electron chi connectivity index (χ0n) is 14.3. The molecule has 7 nitrogen and oxygen atoms in total. The van der Waals surface area contributed by atoms with Crippen molar-refractivity contribution in [2.24, 2.45) is 7.05 Å². The van der Waals surface area contributed by atoms with Crippen molar-refractivity contribution in [3.05, 3.63) is 47.8 Å². The van der Waals surface area contributed by atoms with Gasteiger partial charge in [0, 0.05) is 46.5 Å². The maximum atomic E-state index is 12.7. The van der Waals surface area contributed by atoms with Gasteiger partial charge in [-0.15, -0.1) is 0 Å². The number of likely N-dealkylation sites (N-methyl/N-ethyl adjacent to an activating group) is 1. The summed E-state index contributed by atoms with van der Waals surface area (Å²) in [6, 6.07) is 6.11. The van der Waals surface area contributed by atoms with E-state index in [4.69, 9.17) is 0 Å². The highest BCUT2D eigenvalue weighted by Crippen LogP contribution is 2.17. The Balaban J connectivity index is 2.16. The van der Waals surface area contributed by atoms with Gasteiger partial charge in [-0.1, -0.05) is 6.07 Å². The molecule has 0 atom stereocenters. The zero-order valence-corrected chi connectivity index (χ0v) is 15.1. The van der Waals surface area contributed by atoms with Crippen LogP contribution in [0.5, 0.6) is 0 Å². The molecule has 0 saturated heterocycles. The predicted octanol–water partition coefficient (Wildman–Crippen LogP) is 0.985. The van der Waals surface area contributed by atoms with E-state index in [2.05, 4.69) is 5.10 Å². The highest BCUT2D eigenvalue weighted by atomic mass is 32.2. The fourth-order valence-electron chi connectivity index (χ4n) is 2.24. The molecule has 0 fully saturated rings. The van der Waals surface area contributed by atoms with Gasteiger partial charge >= 0.3 is 0 Å². The fraction of sp³-hybridized carbons (Fsp3) is 0.375. The molecule has 2 rings (SSSR count). The number of aromatic nitrogens is 2. The summed E-state index contributed by atoms with van der Waals surface area (Å²) in [7, 11) is 2.96. The maximum Gasteiger partial charge on any atom is 0.253 e. The van der Waals surface area contributed by atoms with Gasteiger partial charge in [-0.25, -0.2) is 12.7 Å². The molecular formula is C16H22N4O3S. The van der Waals surface area contributed by atoms with Crippen LogP contribution in [-0.4, -0.2) is 61.0 Å². The van der Waals surface area contributed by atoms with E-state index in [-0.39, 0.29) is 10.8 Å². The van der Waals surface area contributed by atoms with Crippen LogP contribution in [0.3, 0.4) is 0 Å². The van der Waals surface area contributed by atoms with Crippen LogP contribution in [0.25, 0.3) is 0 Å². The van der Waals surface area contributed by atoms with Crippen molar-refractivity contribution in [3.63, 3.8) is 0 Å². The summed E-state index contributed by atoms with van der Waals surface area (Å²) in [5.74, 6) is -0.231. The van der Waals surface area contributed by atoms with Crippen LogP contribution in [0.2, 0.25) is 0 Å². The van der Waals surface area contributed by atoms with Crippen molar-refractivity contribution in [1.82, 2.24) is 19.0 Å². The van der Waals surface area contributed by atoms with Gasteiger partial charge in [0.2, 0.25) is 10.0 Å². The van der Waals surface area contributed by atoms with Gasteiger partial charge < -0.3 is 4.90 Å². The number of amides is 1. The van der Waals surface area contributed by atoms with Gasteiger partial charge in [-0.3, -0.25) is 9.48 Å². The third-order valence-electron chi connectivity index (χ3n) is 3.67. The first-order valence-corrected chi connectivity index (χ1v) is 8.91. The van der Waals surface area contributed by atoms with Gasteiger partial charge in [0.15, 0.2) is 0 Å². The van der Waals surface area contributed by atoms with Crippen molar-refractivity contribution < 1.29 is 13.2 Å². The van der Waals surface area contributed by atoms with Gasteiger partial charge in [0.1, 0.15) is 0 Å². The van der Waals surface area contributed by atoms with Crippen molar-refractivity contribution in [2.75, 3.05) is 27.7 Å². The average molecular weight is 350 g/mol. The molecule has 0 radical (unpaired) electrons. The Labute approximate surface area is 142 Å². The number of aryl methyl sites for hydroxylation is 1. The van der Waals surface area contributed by atoms with Crippen molar-refractivity contribution >= 4 is 15.9 Å². The fourth-order valence-corrected chi connectivity index (χ4v) is 3.45. The third-order valence-corrected chi connectivity index (χ3v) is 5.52. The van der Waals surface area contributed by atoms with E-state index in [1.54, 1.807) is 37.1 Å². The van der Waals surface area contributed by atoms with Crippen LogP contribution in [0.15, 0.2) is 41.6 Å². The number of carbonyl (C=O) groups excluding carboxylic acids is 1. The van der Waals surface area contributed by atoms with E-state index in [1.165, 1.54) is 28.4 Å². The molecule has 0 aliphatic rings. The standard InChI is InChI=1S/C16H22N4O3S/c1-18(2)16(21)14-6-5-7-15(10-14)24(22,23)20(4)9-8-13-11-17-19(3)12-13/h5-7,10-12H,8-9H2,1-4H3. The monoisotopic (exact) mass is 350 g/mol. The Kier molecular flexibility index (Phi) is 5.40. The lowest BCUT2D eigenvalue weighted by Gasteiger charge is -2.18. The number of hydrogen-bond donors (Lipinski definition) is 0. The topological polar surface area (TPSA) is 75.5 Å². The summed E-state index contributed by atoms with van der Waals surface area (Å²) in [5.41, 5.74) is 1.32. The minimum atomic E-state index is -3.65. The molecule has 1 aromatic carbocycles. The summed E-state index contributed by atoms with van der Waals surface area (Å²) >= 11 is 0. The van der Waals surface area contributed by atoms with E-state index in [0.717, 1.165) is 5.56 Å². The van der Waals surface area contributed by atoms with E-state index in [0.29, 0.717) is 18.5 Å². The third kappa shape index (κ3) is 4.01. The average Bonchev–Trinajstić information content (AvgIpc) is 2.97. The second kappa shape index (κ2) is 7.14. The number of rotatable bonds is 6. The van der Waals surface area contributed by atoms with Crippen LogP contribution in [0, 0.1) is 0 Å². The number of sulfonamides is 1. The summed E-state index contributed by atoms with van der Waals surface area (Å²) in [6.45, 7) is 0.333. The van der Waals surface area contributed by atoms with Gasteiger partial charge in [0.25, 0.3) is 5.91 Å². The number of hydrogen-bond acceptors (Lipinski definition) is 4. The van der Waals surface area contributed by atoms with Crippen LogP contribution in [-0.2, 0) is 23.5 Å². The van der Waals surface area contributed by atoms with E-state index < -0.39 is 10.0 Å². The quantitative estimate of drug-likeness (QED) is 0.778. The molecule has 0 N–H and O–H groups in total. The molecule has 24 heavy (non-hydrogen) atoms. The molecule has 0 bridgehead atoms. The summed E-state index contributed by atoms with van der Waals surface area (Å²) in [5, 5.41) is 4.07. The zero-order chi connectivity index (χ0) is 17.9. The molecule has 0 spiro atoms. The van der Waals surface area contributed by atoms with Crippen LogP contribution in [0.1, 0.15) is 15.9 Å². The Hall–Kier alpha value is -2.19. The molecule has 2 aromatic rings. The van der Waals surface area contributed by atoms with Crippen molar-refractivity contribution in [2.45, 2.75) is 11.3 Å². The van der Waals surface area contributed by atoms with Crippen LogP contribution >= 0.6 is 0 Å². The van der Waals surface area contributed by atoms with Crippen LogP contribution < -0.4 is 0 Å². The largest absolute Gasteiger partial charge is 0.345 e. The molecular weight excluding hydrogens is 328 g/mol. The minimum absolute atomic E-state index is 0.115. The number of benzene rings is 1. The first kappa shape index (κ1) is 18.2. The normalized spacial score (nSPS) is 11.7. The number of carbonyl (C=O) groups is 1. The lowest BCUT2D eigenvalue weighted by molar-refractivity contribution is 0.0827. The van der Waals surface area contributed by atoms with Crippen molar-refractivity contribution in [1.29, 1.82) is 0 Å². The molecule has 8 heteroatoms. The SMILES string of the molecule is CN(C)C(=O)c1cccc(S(=O)(=O)N(C)CCc2cnn(C)c2)c1. The first-order valence-electron chi connectivity index (χ1n) is 7.47. The Morgan fingerprint density at radius 2 is 1.96 bits per heavy atom. The summed E-state index contributed by atoms with van der Waals surface area (Å²) < 4.78 is 28.3. The molecule has 1 heterocycles. The molecule has 130 valence electrons. The van der Waals surface area contributed by atoms with E-state index in [9.17, 15) is 13.2 Å². The van der Waals surface area contributed by atoms with E-state index in [1.807, 2.05) is 13.2 Å². The molecule has 0 aliphatic carbocycles. The molecule has 1 amide bonds. The maximum absolute atomic E-state index is 12.7. The Bertz CT molecular complexity index is 827. The lowest BCUT2D eigenvalue weighted by atomic mass is 10.2. The highest BCUT2D eigenvalue weighted by molar-refractivity contribution is 7.89. The minimum Gasteiger partial charge on any atom is -0.345 e. The predicted molar refractivity (Wildman–Crippen MR) is 91.2 cm³/mol. The van der Waals surface area contributed by atoms with Gasteiger partial charge in [-0.05, 0) is 30.2 Å². The number of nitrogens with zero attached hydrogens (tertiary/aromatic N) is 4. The van der Waals surface area contributed by atoms with E-state index >= 15 is 0 Å². The second-order valence-corrected chi connectivity index (χ2v) is 7.87. The molecule has 0 unspecified atom stereocenters. The van der Waals surface area contributed by atoms with Crippen LogP contribution in [0.4, 0.5) is 0 Å². The summed E-state index contributed by atoms with van der Waals surface area (Å²) in [6.07, 6.45) is 4.15. The van der Waals surface area contributed by atoms with Crippen molar-refractivity contribution in [3.8, 4) is 0 Å². The smallest absolute Gasteiger partial charge is 0.253 e. The molecule has 0 saturated carbocycles. The Morgan fingerprint density at radius 1 is 1.25 bits per heavy atom. The second-order valence-electron chi connectivity index (χ2n) is 5.83.